The fourth-order valence-corrected chi connectivity index (χ4v) is 2.13. The Hall–Kier alpha value is -2.50. The van der Waals surface area contributed by atoms with Gasteiger partial charge < -0.3 is 4.98 Å². The number of rotatable bonds is 3. The van der Waals surface area contributed by atoms with E-state index in [0.717, 1.165) is 5.56 Å². The van der Waals surface area contributed by atoms with Gasteiger partial charge in [-0.2, -0.15) is 0 Å². The largest absolute Gasteiger partial charge is 0.326 e. The summed E-state index contributed by atoms with van der Waals surface area (Å²) in [5, 5.41) is 0. The van der Waals surface area contributed by atoms with Crippen molar-refractivity contribution >= 4 is 5.78 Å². The van der Waals surface area contributed by atoms with Crippen LogP contribution in [0.2, 0.25) is 0 Å². The SMILES string of the molecule is CCc1c(C(=O)c2cc(C)cc(C)n2)[nH]c(=O)[nH]c1=O. The molecule has 20 heavy (non-hydrogen) atoms. The Kier molecular flexibility index (Phi) is 3.65. The van der Waals surface area contributed by atoms with Crippen LogP contribution in [-0.4, -0.2) is 20.7 Å². The summed E-state index contributed by atoms with van der Waals surface area (Å²) in [6, 6.07) is 3.48. The van der Waals surface area contributed by atoms with Gasteiger partial charge in [0.05, 0.1) is 0 Å². The summed E-state index contributed by atoms with van der Waals surface area (Å²) < 4.78 is 0. The number of nitrogens with one attached hydrogen (secondary N) is 2. The standard InChI is InChI=1S/C14H15N3O3/c1-4-9-11(16-14(20)17-13(9)19)12(18)10-6-7(2)5-8(3)15-10/h5-6H,4H2,1-3H3,(H2,16,17,19,20). The second-order valence-electron chi connectivity index (χ2n) is 4.62. The Morgan fingerprint density at radius 2 is 1.90 bits per heavy atom. The van der Waals surface area contributed by atoms with Crippen molar-refractivity contribution in [3.8, 4) is 0 Å². The molecule has 0 aromatic carbocycles. The summed E-state index contributed by atoms with van der Waals surface area (Å²) in [4.78, 5) is 44.2. The van der Waals surface area contributed by atoms with E-state index in [2.05, 4.69) is 15.0 Å². The highest BCUT2D eigenvalue weighted by Crippen LogP contribution is 2.10. The summed E-state index contributed by atoms with van der Waals surface area (Å²) in [5.41, 5.74) is 0.862. The van der Waals surface area contributed by atoms with Gasteiger partial charge in [-0.15, -0.1) is 0 Å². The summed E-state index contributed by atoms with van der Waals surface area (Å²) in [6.45, 7) is 5.38. The average molecular weight is 273 g/mol. The van der Waals surface area contributed by atoms with Gasteiger partial charge in [0.15, 0.2) is 0 Å². The van der Waals surface area contributed by atoms with Crippen LogP contribution in [0.15, 0.2) is 21.7 Å². The van der Waals surface area contributed by atoms with E-state index >= 15 is 0 Å². The molecule has 6 nitrogen and oxygen atoms in total. The molecule has 0 saturated heterocycles. The molecule has 104 valence electrons. The van der Waals surface area contributed by atoms with E-state index < -0.39 is 17.0 Å². The summed E-state index contributed by atoms with van der Waals surface area (Å²) in [5.74, 6) is -0.447. The molecule has 2 aromatic heterocycles. The first kappa shape index (κ1) is 13.9. The molecule has 0 saturated carbocycles. The number of nitrogens with zero attached hydrogens (tertiary/aromatic N) is 1. The zero-order chi connectivity index (χ0) is 14.9. The normalized spacial score (nSPS) is 10.6. The maximum Gasteiger partial charge on any atom is 0.326 e. The number of H-pyrrole nitrogens is 2. The molecular weight excluding hydrogens is 258 g/mol. The van der Waals surface area contributed by atoms with Crippen molar-refractivity contribution in [2.45, 2.75) is 27.2 Å². The molecule has 0 aliphatic rings. The number of carbonyl (C=O) groups is 1. The molecule has 0 spiro atoms. The quantitative estimate of drug-likeness (QED) is 0.811. The van der Waals surface area contributed by atoms with Crippen LogP contribution in [0, 0.1) is 13.8 Å². The van der Waals surface area contributed by atoms with Gasteiger partial charge in [0.1, 0.15) is 11.4 Å². The summed E-state index contributed by atoms with van der Waals surface area (Å²) in [6.07, 6.45) is 0.345. The van der Waals surface area contributed by atoms with Crippen LogP contribution in [-0.2, 0) is 6.42 Å². The van der Waals surface area contributed by atoms with E-state index in [0.29, 0.717) is 12.1 Å². The van der Waals surface area contributed by atoms with E-state index in [1.807, 2.05) is 13.0 Å². The molecule has 2 rings (SSSR count). The van der Waals surface area contributed by atoms with Crippen LogP contribution in [0.5, 0.6) is 0 Å². The second-order valence-corrected chi connectivity index (χ2v) is 4.62. The Labute approximate surface area is 114 Å². The molecule has 0 fully saturated rings. The van der Waals surface area contributed by atoms with E-state index in [1.54, 1.807) is 19.9 Å². The third-order valence-electron chi connectivity index (χ3n) is 2.95. The van der Waals surface area contributed by atoms with E-state index in [9.17, 15) is 14.4 Å². The molecule has 0 aliphatic heterocycles. The minimum Gasteiger partial charge on any atom is -0.304 e. The van der Waals surface area contributed by atoms with Gasteiger partial charge in [-0.3, -0.25) is 14.6 Å². The van der Waals surface area contributed by atoms with Crippen LogP contribution in [0.1, 0.15) is 39.9 Å². The van der Waals surface area contributed by atoms with Crippen molar-refractivity contribution < 1.29 is 4.79 Å². The first-order valence-electron chi connectivity index (χ1n) is 6.27. The zero-order valence-corrected chi connectivity index (χ0v) is 11.5. The Morgan fingerprint density at radius 3 is 2.50 bits per heavy atom. The van der Waals surface area contributed by atoms with Crippen molar-refractivity contribution in [3.63, 3.8) is 0 Å². The van der Waals surface area contributed by atoms with Crippen molar-refractivity contribution in [1.29, 1.82) is 0 Å². The monoisotopic (exact) mass is 273 g/mol. The molecular formula is C14H15N3O3. The average Bonchev–Trinajstić information content (AvgIpc) is 2.35. The van der Waals surface area contributed by atoms with Gasteiger partial charge in [0.25, 0.3) is 5.56 Å². The lowest BCUT2D eigenvalue weighted by Gasteiger charge is -2.06. The number of carbonyl (C=O) groups excluding carboxylic acids is 1. The van der Waals surface area contributed by atoms with Gasteiger partial charge >= 0.3 is 5.69 Å². The number of pyridine rings is 1. The van der Waals surface area contributed by atoms with Crippen LogP contribution >= 0.6 is 0 Å². The van der Waals surface area contributed by atoms with Crippen molar-refractivity contribution in [2.24, 2.45) is 0 Å². The van der Waals surface area contributed by atoms with Crippen LogP contribution in [0.4, 0.5) is 0 Å². The topological polar surface area (TPSA) is 95.7 Å². The maximum absolute atomic E-state index is 12.4. The minimum absolute atomic E-state index is 0.0127. The fourth-order valence-electron chi connectivity index (χ4n) is 2.13. The lowest BCUT2D eigenvalue weighted by molar-refractivity contribution is 0.102. The van der Waals surface area contributed by atoms with Gasteiger partial charge in [-0.05, 0) is 38.0 Å². The molecule has 0 unspecified atom stereocenters. The molecule has 2 N–H and O–H groups in total. The van der Waals surface area contributed by atoms with E-state index in [1.165, 1.54) is 0 Å². The molecule has 0 amide bonds. The first-order valence-corrected chi connectivity index (χ1v) is 6.27. The van der Waals surface area contributed by atoms with E-state index in [-0.39, 0.29) is 17.0 Å². The van der Waals surface area contributed by atoms with Crippen LogP contribution in [0.3, 0.4) is 0 Å². The third kappa shape index (κ3) is 2.59. The number of aromatic nitrogens is 3. The van der Waals surface area contributed by atoms with Gasteiger partial charge in [0.2, 0.25) is 5.78 Å². The Balaban J connectivity index is 2.64. The zero-order valence-electron chi connectivity index (χ0n) is 11.5. The fraction of sp³-hybridized carbons (Fsp3) is 0.286. The number of ketones is 1. The highest BCUT2D eigenvalue weighted by Gasteiger charge is 2.18. The van der Waals surface area contributed by atoms with Crippen LogP contribution < -0.4 is 11.2 Å². The predicted octanol–water partition coefficient (Wildman–Crippen LogP) is 0.868. The summed E-state index contributed by atoms with van der Waals surface area (Å²) in [7, 11) is 0. The number of hydrogen-bond acceptors (Lipinski definition) is 4. The van der Waals surface area contributed by atoms with Crippen LogP contribution in [0.25, 0.3) is 0 Å². The summed E-state index contributed by atoms with van der Waals surface area (Å²) >= 11 is 0. The lowest BCUT2D eigenvalue weighted by Crippen LogP contribution is -2.30. The molecule has 0 radical (unpaired) electrons. The Bertz CT molecular complexity index is 767. The lowest BCUT2D eigenvalue weighted by atomic mass is 10.1. The van der Waals surface area contributed by atoms with Gasteiger partial charge in [-0.1, -0.05) is 6.92 Å². The van der Waals surface area contributed by atoms with Crippen molar-refractivity contribution in [1.82, 2.24) is 15.0 Å². The van der Waals surface area contributed by atoms with Gasteiger partial charge in [-0.25, -0.2) is 9.78 Å². The highest BCUT2D eigenvalue weighted by atomic mass is 16.2. The first-order chi connectivity index (χ1) is 9.42. The molecule has 2 aromatic rings. The minimum atomic E-state index is -0.695. The van der Waals surface area contributed by atoms with E-state index in [4.69, 9.17) is 0 Å². The highest BCUT2D eigenvalue weighted by molar-refractivity contribution is 6.07. The third-order valence-corrected chi connectivity index (χ3v) is 2.95. The van der Waals surface area contributed by atoms with Gasteiger partial charge in [0, 0.05) is 11.3 Å². The predicted molar refractivity (Wildman–Crippen MR) is 74.2 cm³/mol. The van der Waals surface area contributed by atoms with Crippen molar-refractivity contribution in [2.75, 3.05) is 0 Å². The second kappa shape index (κ2) is 5.24. The number of aromatic amines is 2. The smallest absolute Gasteiger partial charge is 0.304 e. The Morgan fingerprint density at radius 1 is 1.20 bits per heavy atom. The molecule has 0 atom stereocenters. The molecule has 0 aliphatic carbocycles. The molecule has 2 heterocycles. The number of aryl methyl sites for hydroxylation is 2. The van der Waals surface area contributed by atoms with Crippen molar-refractivity contribution in [3.05, 3.63) is 61.2 Å². The molecule has 0 bridgehead atoms. The number of hydrogen-bond donors (Lipinski definition) is 2. The molecule has 6 heteroatoms. The maximum atomic E-state index is 12.4.